The second kappa shape index (κ2) is 34.5. The van der Waals surface area contributed by atoms with Crippen molar-refractivity contribution >= 4 is 33.8 Å². The van der Waals surface area contributed by atoms with E-state index in [9.17, 15) is 4.79 Å². The molecule has 15 aliphatic carbocycles. The first-order chi connectivity index (χ1) is 62.3. The third kappa shape index (κ3) is 14.6. The number of pyridine rings is 3. The summed E-state index contributed by atoms with van der Waals surface area (Å²) in [6.45, 7) is 36.7. The Labute approximate surface area is 775 Å². The Morgan fingerprint density at radius 2 is 0.798 bits per heavy atom. The molecule has 20 aliphatic rings. The highest BCUT2D eigenvalue weighted by molar-refractivity contribution is 5.76. The van der Waals surface area contributed by atoms with Gasteiger partial charge in [0.15, 0.2) is 0 Å². The molecule has 5 aromatic rings. The summed E-state index contributed by atoms with van der Waals surface area (Å²) in [7, 11) is 0. The Morgan fingerprint density at radius 3 is 1.26 bits per heavy atom. The number of piperidine rings is 2. The van der Waals surface area contributed by atoms with Crippen LogP contribution in [0.5, 0.6) is 0 Å². The third-order valence-electron chi connectivity index (χ3n) is 43.6. The highest BCUT2D eigenvalue weighted by Crippen LogP contribution is 2.73. The van der Waals surface area contributed by atoms with Crippen molar-refractivity contribution in [3.63, 3.8) is 0 Å². The summed E-state index contributed by atoms with van der Waals surface area (Å²) in [6, 6.07) is 12.3. The minimum absolute atomic E-state index is 0.283. The van der Waals surface area contributed by atoms with Gasteiger partial charge in [0.05, 0.1) is 47.8 Å². The van der Waals surface area contributed by atoms with Crippen LogP contribution in [0.25, 0.3) is 27.9 Å². The summed E-state index contributed by atoms with van der Waals surface area (Å²) in [6.07, 6.45) is 79.7. The number of ether oxygens (including phenoxy) is 3. The van der Waals surface area contributed by atoms with Crippen molar-refractivity contribution in [2.75, 3.05) is 32.9 Å². The Bertz CT molecular complexity index is 4960. The Balaban J connectivity index is 0.0000000979. The van der Waals surface area contributed by atoms with Crippen LogP contribution in [0, 0.1) is 143 Å². The van der Waals surface area contributed by atoms with E-state index in [1.807, 2.05) is 43.4 Å². The van der Waals surface area contributed by atoms with Crippen molar-refractivity contribution in [3.8, 4) is 0 Å². The van der Waals surface area contributed by atoms with E-state index >= 15 is 0 Å². The summed E-state index contributed by atoms with van der Waals surface area (Å²) >= 11 is 0. The number of aromatic nitrogens is 7. The molecule has 30 atom stereocenters. The van der Waals surface area contributed by atoms with Crippen LogP contribution < -0.4 is 5.32 Å². The summed E-state index contributed by atoms with van der Waals surface area (Å²) in [5.74, 6) is 12.9. The summed E-state index contributed by atoms with van der Waals surface area (Å²) < 4.78 is 18.4. The van der Waals surface area contributed by atoms with E-state index in [0.717, 1.165) is 151 Å². The second-order valence-electron chi connectivity index (χ2n) is 48.4. The molecule has 5 saturated heterocycles. The quantitative estimate of drug-likeness (QED) is 0.165. The Hall–Kier alpha value is -6.38. The van der Waals surface area contributed by atoms with Gasteiger partial charge in [0, 0.05) is 101 Å². The lowest BCUT2D eigenvalue weighted by Gasteiger charge is -2.62. The molecule has 0 aromatic carbocycles. The van der Waals surface area contributed by atoms with Gasteiger partial charge in [-0.2, -0.15) is 0 Å². The van der Waals surface area contributed by atoms with Crippen LogP contribution >= 0.6 is 0 Å². The zero-order valence-corrected chi connectivity index (χ0v) is 81.5. The van der Waals surface area contributed by atoms with Gasteiger partial charge in [-0.05, 0) is 436 Å². The normalized spacial score (nSPS) is 44.6. The first-order valence-corrected chi connectivity index (χ1v) is 53.0. The molecule has 5 aliphatic heterocycles. The number of aryl methyl sites for hydroxylation is 2. The van der Waals surface area contributed by atoms with Crippen LogP contribution in [0.4, 0.5) is 0 Å². The molecular weight excluding hydrogens is 1580 g/mol. The van der Waals surface area contributed by atoms with Gasteiger partial charge in [0.1, 0.15) is 0 Å². The van der Waals surface area contributed by atoms with E-state index in [4.69, 9.17) is 19.2 Å². The number of hydrogen-bond donors (Lipinski definition) is 1. The number of carbonyl (C=O) groups is 1. The van der Waals surface area contributed by atoms with Gasteiger partial charge < -0.3 is 24.4 Å². The summed E-state index contributed by atoms with van der Waals surface area (Å²) in [5.41, 5.74) is 20.2. The van der Waals surface area contributed by atoms with Crippen LogP contribution in [-0.4, -0.2) is 109 Å². The van der Waals surface area contributed by atoms with E-state index in [-0.39, 0.29) is 11.3 Å². The lowest BCUT2D eigenvalue weighted by molar-refractivity contribution is -0.151. The Kier molecular flexibility index (Phi) is 23.8. The van der Waals surface area contributed by atoms with E-state index < -0.39 is 0 Å². The molecule has 10 saturated carbocycles. The molecule has 7 unspecified atom stereocenters. The van der Waals surface area contributed by atoms with Crippen LogP contribution in [0.15, 0.2) is 129 Å². The lowest BCUT2D eigenvalue weighted by Crippen LogP contribution is -2.61. The molecule has 129 heavy (non-hydrogen) atoms. The number of allylic oxidation sites excluding steroid dienone is 10. The molecule has 692 valence electrons. The van der Waals surface area contributed by atoms with Crippen LogP contribution in [0.3, 0.4) is 0 Å². The van der Waals surface area contributed by atoms with Crippen molar-refractivity contribution in [2.24, 2.45) is 143 Å². The number of nitrogens with one attached hydrogen (secondary N) is 1. The maximum absolute atomic E-state index is 12.3. The van der Waals surface area contributed by atoms with Crippen molar-refractivity contribution in [2.45, 2.75) is 339 Å². The van der Waals surface area contributed by atoms with Gasteiger partial charge >= 0.3 is 0 Å². The molecule has 0 bridgehead atoms. The number of nitrogens with zero attached hydrogens (tertiary/aromatic N) is 8. The molecule has 0 radical (unpaired) electrons. The van der Waals surface area contributed by atoms with Crippen LogP contribution in [0.2, 0.25) is 0 Å². The second-order valence-corrected chi connectivity index (χ2v) is 48.4. The monoisotopic (exact) mass is 1740 g/mol. The predicted octanol–water partition coefficient (Wildman–Crippen LogP) is 25.6. The van der Waals surface area contributed by atoms with Crippen molar-refractivity contribution in [3.05, 3.63) is 168 Å². The largest absolute Gasteiger partial charge is 0.378 e. The number of likely N-dealkylation sites (tertiary alicyclic amines) is 1. The van der Waals surface area contributed by atoms with Crippen molar-refractivity contribution < 1.29 is 19.0 Å². The van der Waals surface area contributed by atoms with E-state index in [1.165, 1.54) is 245 Å². The number of carbonyl (C=O) groups excluding carboxylic acids is 1. The fourth-order valence-electron chi connectivity index (χ4n) is 36.7. The van der Waals surface area contributed by atoms with E-state index in [0.29, 0.717) is 73.1 Å². The number of amides is 1. The molecule has 5 aromatic heterocycles. The predicted molar refractivity (Wildman–Crippen MR) is 519 cm³/mol. The smallest absolute Gasteiger partial charge is 0.219 e. The van der Waals surface area contributed by atoms with E-state index in [2.05, 4.69) is 203 Å². The highest BCUT2D eigenvalue weighted by Gasteiger charge is 2.66. The van der Waals surface area contributed by atoms with Gasteiger partial charge in [0.25, 0.3) is 0 Å². The third-order valence-corrected chi connectivity index (χ3v) is 43.6. The van der Waals surface area contributed by atoms with Crippen LogP contribution in [0.1, 0.15) is 335 Å². The maximum atomic E-state index is 12.3. The molecule has 1 amide bonds. The Morgan fingerprint density at radius 1 is 0.388 bits per heavy atom. The molecule has 13 heteroatoms. The molecule has 1 N–H and O–H groups in total. The minimum Gasteiger partial charge on any atom is -0.378 e. The number of hydrogen-bond acceptors (Lipinski definition) is 12. The van der Waals surface area contributed by atoms with Crippen molar-refractivity contribution in [1.82, 2.24) is 45.1 Å². The average Bonchev–Trinajstić information content (AvgIpc) is 0.982. The molecule has 15 fully saturated rings. The molecule has 25 rings (SSSR count). The first kappa shape index (κ1) is 89.2. The zero-order chi connectivity index (χ0) is 88.8. The standard InChI is InChI=1S/C25H34N2O.C24H33NO.C23H32N2O.C23H32N2.C21H28N2O/c1-17(28)27-15-5-12-25(3)22-11-13-24(2)20(18-6-4-14-26-16-18)8-9-21(24)19(22)7-10-23(25)27;1-4-16-13-17(15-25-14-16)19-6-7-20-18-5-8-22-24(3,11-12-26-22)21(18)9-10-23(19,20)2;1-4-15-13-24-14-20(25-15)19-7-6-17-16-5-8-21-23(3,11-12-26-21)18(16)9-10-22(17,19)2;1-22-12-10-20-17(6-9-21-23(20,2)11-4-14-25-21)19(22)8-7-18(22)16-5-3-13-24-15-16;1-20-8-7-16-14(3-6-19-21(16,2)9-12-24-19)15(20)4-5-17(20)18-13-22-10-11-23-18/h4,6,8,14,16,19,21-23H,5,7,9-13,15H2,1-3H3;6,13-15,18,20-22H,4-5,7-12H2,1-3H3;7,13-14,16-18,21H,4-6,8-12H2,1-3H3;3,5,7,13,15,17,19-21,25H,4,6,8-12,14H2,1-2H3;5,10-11,13-16,19H,3-4,6-9,12H2,1-2H3/t19-,21-,22?,23?,24+,25+;18-,20-,21-,22?,23+,24+;16-,17-,18-,21?,22-,23+;17-,19-,20?,21?,22+,23+;14-,15-,16-,19?,20-,21+/m00000/s1. The lowest BCUT2D eigenvalue weighted by atomic mass is 9.46. The van der Waals surface area contributed by atoms with E-state index in [1.54, 1.807) is 29.8 Å². The van der Waals surface area contributed by atoms with Gasteiger partial charge in [-0.3, -0.25) is 34.7 Å². The first-order valence-electron chi connectivity index (χ1n) is 53.0. The topological polar surface area (TPSA) is 150 Å². The maximum Gasteiger partial charge on any atom is 0.219 e. The van der Waals surface area contributed by atoms with Crippen molar-refractivity contribution in [1.29, 1.82) is 0 Å². The molecule has 10 heterocycles. The van der Waals surface area contributed by atoms with Crippen LogP contribution in [-0.2, 0) is 31.8 Å². The molecule has 13 nitrogen and oxygen atoms in total. The van der Waals surface area contributed by atoms with Gasteiger partial charge in [0.2, 0.25) is 5.91 Å². The van der Waals surface area contributed by atoms with Gasteiger partial charge in [-0.25, -0.2) is 4.98 Å². The zero-order valence-electron chi connectivity index (χ0n) is 81.5. The highest BCUT2D eigenvalue weighted by atomic mass is 16.5. The molecule has 0 spiro atoms. The fourth-order valence-corrected chi connectivity index (χ4v) is 36.7. The van der Waals surface area contributed by atoms with Gasteiger partial charge in [-0.1, -0.05) is 126 Å². The summed E-state index contributed by atoms with van der Waals surface area (Å²) in [5, 5.41) is 3.88. The molecular formula is C116H159N9O4. The fraction of sp³-hybridized carbons (Fsp3) is 0.707. The average molecular weight is 1740 g/mol. The minimum atomic E-state index is 0.283. The van der Waals surface area contributed by atoms with Gasteiger partial charge in [-0.15, -0.1) is 0 Å². The number of fused-ring (bicyclic) bond motifs is 25. The number of rotatable bonds is 7. The summed E-state index contributed by atoms with van der Waals surface area (Å²) in [4.78, 5) is 46.2. The SMILES string of the molecule is CC(=O)N1CCC[C@]2(C)C3CC[C@]4(C)C(c5cccnc5)=CC[C@H]4[C@@H]3CCC12.CCc1cncc(C2=CC[C@H]3[C@@H]4CCC5OCC[C@]5(C)[C@H]4CC[C@]23C)c1.CCc1cncc(C2=CC[C@H]3[C@@H]4CCC5OCC[C@]5(C)[C@H]4CC[C@]23C)n1.C[C@]12CCCNC1CC[C@@H]1C2CC[C@]2(C)C(c3cccnc3)=CC[C@@H]12.C[C@]12CCOC1CC[C@@H]1[C@@H]2CC[C@]2(C)C(c3cnccn3)=CC[C@@H]12.